The van der Waals surface area contributed by atoms with Gasteiger partial charge in [-0.05, 0) is 49.2 Å². The fourth-order valence-corrected chi connectivity index (χ4v) is 4.85. The van der Waals surface area contributed by atoms with Crippen LogP contribution in [-0.2, 0) is 20.2 Å². The Morgan fingerprint density at radius 3 is 2.20 bits per heavy atom. The molecule has 0 saturated heterocycles. The van der Waals surface area contributed by atoms with Crippen molar-refractivity contribution in [2.45, 2.75) is 16.7 Å². The molecule has 0 bridgehead atoms. The maximum atomic E-state index is 12.0. The van der Waals surface area contributed by atoms with E-state index in [1.807, 2.05) is 0 Å². The minimum atomic E-state index is -4.87. The van der Waals surface area contributed by atoms with E-state index in [4.69, 9.17) is 0 Å². The fourth-order valence-electron chi connectivity index (χ4n) is 3.42. The van der Waals surface area contributed by atoms with Gasteiger partial charge in [0.2, 0.25) is 5.95 Å². The summed E-state index contributed by atoms with van der Waals surface area (Å²) in [6.07, 6.45) is 0. The van der Waals surface area contributed by atoms with Crippen molar-refractivity contribution in [1.29, 1.82) is 0 Å². The Bertz CT molecular complexity index is 1960. The normalized spacial score (nSPS) is 12.1. The first-order valence-corrected chi connectivity index (χ1v) is 13.3. The van der Waals surface area contributed by atoms with Crippen LogP contribution in [0.4, 0.5) is 28.7 Å². The smallest absolute Gasteiger partial charge is 0.862 e. The Hall–Kier alpha value is -2.78. The molecule has 4 N–H and O–H groups in total. The third-order valence-electron chi connectivity index (χ3n) is 4.88. The minimum Gasteiger partial charge on any atom is -0.862 e. The van der Waals surface area contributed by atoms with Crippen LogP contribution in [0.2, 0.25) is 0 Å². The summed E-state index contributed by atoms with van der Waals surface area (Å²) in [6.45, 7) is 1.16. The first-order valence-electron chi connectivity index (χ1n) is 10.4. The Kier molecular flexibility index (Phi) is 11.3. The number of benzene rings is 3. The summed E-state index contributed by atoms with van der Waals surface area (Å²) in [6, 6.07) is 8.50. The number of aromatic nitrogens is 3. The standard InChI is InChI=1S/C21H17N7O9S2.2Na/c1-10(29)22-16-8-11(23-19-24-20(30)26-21(31)25-19)5-6-15(16)28-27-12-7-14-13(18(9-12)39(35,36)37)3-2-4-17(14)38(32,33)34;;/h2-9H,1H3,(H,22,29)(H,32,33,34)(H,35,36,37)(H3,23,24,25,26,30,31);;/q;2*+1/p-2. The second-order valence-electron chi connectivity index (χ2n) is 7.69. The average molecular weight is 620 g/mol. The number of aromatic amines is 1. The SMILES string of the molecule is CC([O-])=Nc1cc(Nc2nc([O-])nc(=O)[nH]2)ccc1N=Nc1cc(S(=O)(=O)O)c2cccc(S(=O)(=O)O)c2c1.[Na+].[Na+]. The van der Waals surface area contributed by atoms with Crippen LogP contribution in [0.25, 0.3) is 10.8 Å². The van der Waals surface area contributed by atoms with E-state index in [1.165, 1.54) is 30.3 Å². The van der Waals surface area contributed by atoms with Crippen molar-refractivity contribution >= 4 is 65.6 Å². The molecular weight excluding hydrogens is 604 g/mol. The van der Waals surface area contributed by atoms with E-state index in [-0.39, 0.29) is 98.6 Å². The van der Waals surface area contributed by atoms with Gasteiger partial charge >= 0.3 is 64.8 Å². The van der Waals surface area contributed by atoms with Crippen LogP contribution in [0.15, 0.2) is 78.3 Å². The third-order valence-corrected chi connectivity index (χ3v) is 6.68. The van der Waals surface area contributed by atoms with Gasteiger partial charge in [-0.1, -0.05) is 12.1 Å². The quantitative estimate of drug-likeness (QED) is 0.0501. The molecule has 0 aliphatic rings. The zero-order valence-corrected chi connectivity index (χ0v) is 27.1. The first-order chi connectivity index (χ1) is 18.2. The third kappa shape index (κ3) is 8.61. The van der Waals surface area contributed by atoms with Gasteiger partial charge in [0.25, 0.3) is 20.2 Å². The van der Waals surface area contributed by atoms with Crippen molar-refractivity contribution in [1.82, 2.24) is 15.0 Å². The molecule has 1 aromatic heterocycles. The summed E-state index contributed by atoms with van der Waals surface area (Å²) in [4.78, 5) is 22.6. The van der Waals surface area contributed by atoms with Gasteiger partial charge in [0.15, 0.2) is 0 Å². The van der Waals surface area contributed by atoms with Crippen molar-refractivity contribution in [3.8, 4) is 6.01 Å². The Labute approximate surface area is 275 Å². The molecule has 0 amide bonds. The molecule has 16 nitrogen and oxygen atoms in total. The van der Waals surface area contributed by atoms with Gasteiger partial charge in [-0.15, -0.1) is 5.11 Å². The number of nitrogens with zero attached hydrogens (tertiary/aromatic N) is 5. The molecule has 41 heavy (non-hydrogen) atoms. The number of fused-ring (bicyclic) bond motifs is 1. The first kappa shape index (κ1) is 34.4. The number of H-pyrrole nitrogens is 1. The van der Waals surface area contributed by atoms with Crippen LogP contribution in [-0.4, -0.2) is 46.8 Å². The van der Waals surface area contributed by atoms with Gasteiger partial charge in [-0.3, -0.25) is 19.1 Å². The molecule has 0 saturated carbocycles. The molecule has 20 heteroatoms. The van der Waals surface area contributed by atoms with Crippen molar-refractivity contribution in [2.75, 3.05) is 5.32 Å². The van der Waals surface area contributed by atoms with E-state index < -0.39 is 47.6 Å². The van der Waals surface area contributed by atoms with Crippen LogP contribution in [0.3, 0.4) is 0 Å². The zero-order chi connectivity index (χ0) is 28.5. The van der Waals surface area contributed by atoms with E-state index >= 15 is 0 Å². The Morgan fingerprint density at radius 1 is 0.902 bits per heavy atom. The molecule has 4 aromatic rings. The number of azo groups is 1. The molecule has 0 fully saturated rings. The number of hydrogen-bond acceptors (Lipinski definition) is 13. The molecule has 0 aliphatic heterocycles. The van der Waals surface area contributed by atoms with Crippen LogP contribution >= 0.6 is 0 Å². The van der Waals surface area contributed by atoms with E-state index in [1.54, 1.807) is 0 Å². The summed E-state index contributed by atoms with van der Waals surface area (Å²) in [7, 11) is -9.66. The summed E-state index contributed by atoms with van der Waals surface area (Å²) >= 11 is 0. The second kappa shape index (κ2) is 13.5. The van der Waals surface area contributed by atoms with Crippen LogP contribution in [0.5, 0.6) is 6.01 Å². The maximum absolute atomic E-state index is 12.0. The van der Waals surface area contributed by atoms with Crippen molar-refractivity contribution in [3.63, 3.8) is 0 Å². The minimum absolute atomic E-state index is 0. The molecule has 0 aliphatic carbocycles. The number of anilines is 2. The van der Waals surface area contributed by atoms with Gasteiger partial charge in [-0.25, -0.2) is 9.78 Å². The molecule has 202 valence electrons. The summed E-state index contributed by atoms with van der Waals surface area (Å²) < 4.78 is 67.0. The van der Waals surface area contributed by atoms with Crippen molar-refractivity contribution in [3.05, 3.63) is 59.0 Å². The van der Waals surface area contributed by atoms with E-state index in [0.717, 1.165) is 25.1 Å². The largest absolute Gasteiger partial charge is 1.00 e. The van der Waals surface area contributed by atoms with Crippen molar-refractivity contribution in [2.24, 2.45) is 15.2 Å². The molecule has 3 aromatic carbocycles. The Balaban J connectivity index is 0.00000294. The summed E-state index contributed by atoms with van der Waals surface area (Å²) in [5, 5.41) is 33.1. The molecule has 0 radical (unpaired) electrons. The van der Waals surface area contributed by atoms with Crippen molar-refractivity contribution < 1.29 is 95.3 Å². The van der Waals surface area contributed by atoms with Gasteiger partial charge in [-0.2, -0.15) is 26.9 Å². The van der Waals surface area contributed by atoms with Gasteiger partial charge in [0, 0.05) is 16.5 Å². The molecule has 1 heterocycles. The number of rotatable bonds is 7. The number of nitrogens with one attached hydrogen (secondary N) is 2. The summed E-state index contributed by atoms with van der Waals surface area (Å²) in [5.74, 6) is -0.857. The predicted molar refractivity (Wildman–Crippen MR) is 132 cm³/mol. The molecule has 4 rings (SSSR count). The predicted octanol–water partition coefficient (Wildman–Crippen LogP) is -4.54. The van der Waals surface area contributed by atoms with Gasteiger partial charge < -0.3 is 15.5 Å². The average Bonchev–Trinajstić information content (AvgIpc) is 2.80. The number of aliphatic imine (C=N–C) groups is 1. The molecule has 0 atom stereocenters. The molecule has 0 unspecified atom stereocenters. The van der Waals surface area contributed by atoms with Gasteiger partial charge in [0.1, 0.15) is 15.5 Å². The van der Waals surface area contributed by atoms with E-state index in [9.17, 15) is 40.9 Å². The summed E-state index contributed by atoms with van der Waals surface area (Å²) in [5.41, 5.74) is -0.991. The Morgan fingerprint density at radius 2 is 1.59 bits per heavy atom. The van der Waals surface area contributed by atoms with E-state index in [2.05, 4.69) is 35.5 Å². The molecular formula is C21H15N7Na2O9S2. The molecule has 0 spiro atoms. The topological polar surface area (TPSA) is 263 Å². The maximum Gasteiger partial charge on any atom is 1.00 e. The van der Waals surface area contributed by atoms with E-state index in [0.29, 0.717) is 0 Å². The van der Waals surface area contributed by atoms with Crippen LogP contribution in [0.1, 0.15) is 6.92 Å². The van der Waals surface area contributed by atoms with Crippen LogP contribution in [0, 0.1) is 0 Å². The monoisotopic (exact) mass is 619 g/mol. The van der Waals surface area contributed by atoms with Crippen LogP contribution < -0.4 is 80.3 Å². The number of hydrogen-bond donors (Lipinski definition) is 4. The zero-order valence-electron chi connectivity index (χ0n) is 21.4. The van der Waals surface area contributed by atoms with Gasteiger partial charge in [0.05, 0.1) is 17.4 Å². The second-order valence-corrected chi connectivity index (χ2v) is 10.5. The fraction of sp³-hybridized carbons (Fsp3) is 0.0476.